The van der Waals surface area contributed by atoms with Crippen molar-refractivity contribution in [1.29, 1.82) is 0 Å². The molecule has 0 unspecified atom stereocenters. The van der Waals surface area contributed by atoms with Crippen molar-refractivity contribution in [3.8, 4) is 22.8 Å². The maximum atomic E-state index is 14.1. The highest BCUT2D eigenvalue weighted by Gasteiger charge is 2.16. The van der Waals surface area contributed by atoms with Crippen LogP contribution in [-0.2, 0) is 6.54 Å². The number of fused-ring (bicyclic) bond motifs is 1. The second kappa shape index (κ2) is 7.31. The average Bonchev–Trinajstić information content (AvgIpc) is 3.37. The molecule has 0 radical (unpaired) electrons. The fraction of sp³-hybridized carbons (Fsp3) is 0.0476. The second-order valence-corrected chi connectivity index (χ2v) is 7.16. The van der Waals surface area contributed by atoms with E-state index in [1.54, 1.807) is 35.4 Å². The number of aromatic nitrogens is 6. The van der Waals surface area contributed by atoms with Gasteiger partial charge in [-0.1, -0.05) is 22.3 Å². The molecule has 0 aliphatic carbocycles. The van der Waals surface area contributed by atoms with E-state index in [2.05, 4.69) is 25.0 Å². The van der Waals surface area contributed by atoms with Crippen LogP contribution in [0.4, 0.5) is 8.78 Å². The van der Waals surface area contributed by atoms with E-state index in [4.69, 9.17) is 11.6 Å². The van der Waals surface area contributed by atoms with Crippen LogP contribution < -0.4 is 4.68 Å². The van der Waals surface area contributed by atoms with Crippen LogP contribution in [0.3, 0.4) is 0 Å². The molecule has 3 aromatic heterocycles. The van der Waals surface area contributed by atoms with Gasteiger partial charge in [-0.05, 0) is 41.5 Å². The highest BCUT2D eigenvalue weighted by molar-refractivity contribution is 6.30. The number of nitrogens with zero attached hydrogens (tertiary/aromatic N) is 4. The third-order valence-corrected chi connectivity index (χ3v) is 4.90. The standard InChI is InChI=1S/C21H13ClF2N6/c22-13-6-4-12(5-7-13)20-25-8-14(27-20)10-30-11-18-17(9-26-30)28-21(29-18)15-2-1-3-16(23)19(15)24/h1-9,11H,10H2,(H,25,27)/p+1. The van der Waals surface area contributed by atoms with Crippen molar-refractivity contribution in [3.63, 3.8) is 0 Å². The van der Waals surface area contributed by atoms with Crippen LogP contribution >= 0.6 is 11.6 Å². The van der Waals surface area contributed by atoms with Gasteiger partial charge in [-0.2, -0.15) is 0 Å². The van der Waals surface area contributed by atoms with Crippen LogP contribution in [0.15, 0.2) is 61.1 Å². The van der Waals surface area contributed by atoms with Gasteiger partial charge in [-0.25, -0.2) is 18.7 Å². The summed E-state index contributed by atoms with van der Waals surface area (Å²) in [5.41, 5.74) is 3.05. The summed E-state index contributed by atoms with van der Waals surface area (Å²) in [7, 11) is 0. The highest BCUT2D eigenvalue weighted by Crippen LogP contribution is 2.24. The number of nitrogens with one attached hydrogen (secondary N) is 2. The summed E-state index contributed by atoms with van der Waals surface area (Å²) < 4.78 is 29.3. The first-order chi connectivity index (χ1) is 14.6. The largest absolute Gasteiger partial charge is 0.337 e. The molecule has 3 heterocycles. The highest BCUT2D eigenvalue weighted by atomic mass is 35.5. The first-order valence-corrected chi connectivity index (χ1v) is 9.44. The summed E-state index contributed by atoms with van der Waals surface area (Å²) in [6.45, 7) is 0.444. The zero-order valence-corrected chi connectivity index (χ0v) is 16.2. The summed E-state index contributed by atoms with van der Waals surface area (Å²) in [4.78, 5) is 15.0. The Balaban J connectivity index is 1.42. The molecule has 5 rings (SSSR count). The van der Waals surface area contributed by atoms with Crippen LogP contribution in [0.1, 0.15) is 5.69 Å². The number of hydrogen-bond donors (Lipinski definition) is 2. The number of H-pyrrole nitrogens is 2. The molecule has 0 aliphatic rings. The summed E-state index contributed by atoms with van der Waals surface area (Å²) >= 11 is 5.93. The minimum Gasteiger partial charge on any atom is -0.337 e. The fourth-order valence-corrected chi connectivity index (χ4v) is 3.30. The topological polar surface area (TPSA) is 74.1 Å². The molecule has 0 saturated heterocycles. The number of benzene rings is 2. The SMILES string of the molecule is Fc1cccc(-c2nc3cn[n+](Cc4cnc(-c5ccc(Cl)cc5)[nH]4)cc3[nH]2)c1F. The van der Waals surface area contributed by atoms with E-state index in [9.17, 15) is 8.78 Å². The van der Waals surface area contributed by atoms with Crippen molar-refractivity contribution in [2.24, 2.45) is 0 Å². The fourth-order valence-electron chi connectivity index (χ4n) is 3.18. The van der Waals surface area contributed by atoms with E-state index >= 15 is 0 Å². The molecule has 2 N–H and O–H groups in total. The van der Waals surface area contributed by atoms with Gasteiger partial charge in [0.15, 0.2) is 11.6 Å². The van der Waals surface area contributed by atoms with Crippen molar-refractivity contribution in [2.45, 2.75) is 6.54 Å². The molecule has 6 nitrogen and oxygen atoms in total. The summed E-state index contributed by atoms with van der Waals surface area (Å²) in [6.07, 6.45) is 5.07. The molecule has 2 aromatic carbocycles. The number of imidazole rings is 2. The lowest BCUT2D eigenvalue weighted by Gasteiger charge is -1.99. The predicted octanol–water partition coefficient (Wildman–Crippen LogP) is 4.28. The van der Waals surface area contributed by atoms with Gasteiger partial charge < -0.3 is 9.97 Å². The van der Waals surface area contributed by atoms with E-state index in [0.717, 1.165) is 23.1 Å². The zero-order chi connectivity index (χ0) is 20.7. The molecular formula is C21H14ClF2N6+. The lowest BCUT2D eigenvalue weighted by Crippen LogP contribution is -2.38. The van der Waals surface area contributed by atoms with Gasteiger partial charge in [-0.15, -0.1) is 0 Å². The Morgan fingerprint density at radius 3 is 2.63 bits per heavy atom. The molecule has 0 aliphatic heterocycles. The van der Waals surface area contributed by atoms with Crippen molar-refractivity contribution in [1.82, 2.24) is 25.0 Å². The normalized spacial score (nSPS) is 11.3. The number of aromatic amines is 2. The van der Waals surface area contributed by atoms with Gasteiger partial charge in [0.2, 0.25) is 12.7 Å². The van der Waals surface area contributed by atoms with Crippen LogP contribution in [0.5, 0.6) is 0 Å². The molecule has 0 spiro atoms. The Morgan fingerprint density at radius 1 is 0.967 bits per heavy atom. The average molecular weight is 424 g/mol. The molecule has 0 fully saturated rings. The van der Waals surface area contributed by atoms with Crippen LogP contribution in [0, 0.1) is 11.6 Å². The Bertz CT molecular complexity index is 1360. The minimum atomic E-state index is -0.940. The van der Waals surface area contributed by atoms with E-state index in [1.807, 2.05) is 12.1 Å². The molecule has 5 aromatic rings. The predicted molar refractivity (Wildman–Crippen MR) is 108 cm³/mol. The molecule has 0 atom stereocenters. The third kappa shape index (κ3) is 3.42. The molecule has 30 heavy (non-hydrogen) atoms. The Morgan fingerprint density at radius 2 is 1.80 bits per heavy atom. The number of hydrogen-bond acceptors (Lipinski definition) is 3. The van der Waals surface area contributed by atoms with E-state index in [-0.39, 0.29) is 11.4 Å². The first kappa shape index (κ1) is 18.4. The first-order valence-electron chi connectivity index (χ1n) is 9.06. The summed E-state index contributed by atoms with van der Waals surface area (Å²) in [5, 5.41) is 5.01. The number of halogens is 3. The van der Waals surface area contributed by atoms with Crippen LogP contribution in [-0.4, -0.2) is 25.0 Å². The number of rotatable bonds is 4. The van der Waals surface area contributed by atoms with Gasteiger partial charge in [-0.3, -0.25) is 0 Å². The molecule has 0 saturated carbocycles. The van der Waals surface area contributed by atoms with E-state index in [1.165, 1.54) is 12.1 Å². The maximum Gasteiger partial charge on any atom is 0.222 e. The summed E-state index contributed by atoms with van der Waals surface area (Å²) in [5.74, 6) is -0.886. The Hall–Kier alpha value is -3.65. The van der Waals surface area contributed by atoms with Crippen LogP contribution in [0.2, 0.25) is 5.02 Å². The third-order valence-electron chi connectivity index (χ3n) is 4.65. The summed E-state index contributed by atoms with van der Waals surface area (Å²) in [6, 6.07) is 11.4. The van der Waals surface area contributed by atoms with Gasteiger partial charge in [0, 0.05) is 10.6 Å². The Kier molecular flexibility index (Phi) is 4.48. The van der Waals surface area contributed by atoms with Gasteiger partial charge in [0.05, 0.1) is 11.8 Å². The quantitative estimate of drug-likeness (QED) is 0.424. The van der Waals surface area contributed by atoms with Crippen molar-refractivity contribution in [3.05, 3.63) is 83.4 Å². The molecule has 148 valence electrons. The monoisotopic (exact) mass is 423 g/mol. The van der Waals surface area contributed by atoms with Gasteiger partial charge in [0.1, 0.15) is 34.6 Å². The maximum absolute atomic E-state index is 14.1. The van der Waals surface area contributed by atoms with Crippen molar-refractivity contribution in [2.75, 3.05) is 0 Å². The minimum absolute atomic E-state index is 0.0684. The van der Waals surface area contributed by atoms with Gasteiger partial charge in [0.25, 0.3) is 0 Å². The second-order valence-electron chi connectivity index (χ2n) is 6.72. The molecule has 0 amide bonds. The smallest absolute Gasteiger partial charge is 0.222 e. The molecule has 0 bridgehead atoms. The lowest BCUT2D eigenvalue weighted by molar-refractivity contribution is -0.745. The van der Waals surface area contributed by atoms with E-state index < -0.39 is 11.6 Å². The lowest BCUT2D eigenvalue weighted by atomic mass is 10.2. The van der Waals surface area contributed by atoms with Gasteiger partial charge >= 0.3 is 0 Å². The van der Waals surface area contributed by atoms with Crippen molar-refractivity contribution >= 4 is 22.6 Å². The van der Waals surface area contributed by atoms with Crippen LogP contribution in [0.25, 0.3) is 33.8 Å². The molecular weight excluding hydrogens is 410 g/mol. The molecule has 9 heteroatoms. The van der Waals surface area contributed by atoms with E-state index in [0.29, 0.717) is 22.6 Å². The Labute approximate surface area is 174 Å². The van der Waals surface area contributed by atoms with Crippen molar-refractivity contribution < 1.29 is 13.5 Å². The zero-order valence-electron chi connectivity index (χ0n) is 15.4.